The third kappa shape index (κ3) is 3.42. The normalized spacial score (nSPS) is 42.9. The molecule has 3 N–H and O–H groups in total. The maximum Gasteiger partial charge on any atom is 0.0904 e. The summed E-state index contributed by atoms with van der Waals surface area (Å²) in [4.78, 5) is 2.29. The maximum absolute atomic E-state index is 11.4. The molecule has 6 atom stereocenters. The summed E-state index contributed by atoms with van der Waals surface area (Å²) >= 11 is 0. The van der Waals surface area contributed by atoms with E-state index in [1.54, 1.807) is 7.11 Å². The molecule has 3 rings (SSSR count). The monoisotopic (exact) mass is 353 g/mol. The quantitative estimate of drug-likeness (QED) is 0.634. The van der Waals surface area contributed by atoms with Gasteiger partial charge in [-0.15, -0.1) is 0 Å². The molecule has 3 aliphatic rings. The molecule has 0 aromatic carbocycles. The van der Waals surface area contributed by atoms with Gasteiger partial charge in [0.05, 0.1) is 29.5 Å². The van der Waals surface area contributed by atoms with Crippen molar-refractivity contribution in [2.75, 3.05) is 20.2 Å². The van der Waals surface area contributed by atoms with Crippen LogP contribution in [0.4, 0.5) is 0 Å². The van der Waals surface area contributed by atoms with Crippen LogP contribution in [0.1, 0.15) is 52.9 Å². The summed E-state index contributed by atoms with van der Waals surface area (Å²) in [7, 11) is 1.60. The fourth-order valence-electron chi connectivity index (χ4n) is 5.17. The van der Waals surface area contributed by atoms with Gasteiger partial charge < -0.3 is 20.1 Å². The molecule has 3 fully saturated rings. The molecule has 5 nitrogen and oxygen atoms in total. The highest BCUT2D eigenvalue weighted by molar-refractivity contribution is 5.20. The van der Waals surface area contributed by atoms with Crippen LogP contribution < -0.4 is 0 Å². The average molecular weight is 354 g/mol. The molecule has 25 heavy (non-hydrogen) atoms. The van der Waals surface area contributed by atoms with E-state index in [0.29, 0.717) is 31.7 Å². The SMILES string of the molecule is CO[C@@H]1[C@H](O)CC[C@]2(O)CN(CC3CC3)[C@](C)([C@H](O)CC=C(C)C)[C@@H]12. The standard InChI is InChI=1S/C20H35NO4/c1-13(2)5-8-16(23)19(3)18-17(25-4)15(22)9-10-20(18,24)12-21(19)11-14-6-7-14/h5,14-18,22-24H,6-12H2,1-4H3/t15-,16-,17-,18-,19-,20+/m1/s1. The number of ether oxygens (including phenoxy) is 1. The van der Waals surface area contributed by atoms with Gasteiger partial charge in [0.1, 0.15) is 0 Å². The zero-order valence-corrected chi connectivity index (χ0v) is 16.1. The van der Waals surface area contributed by atoms with Crippen molar-refractivity contribution in [1.82, 2.24) is 4.90 Å². The molecule has 0 amide bonds. The van der Waals surface area contributed by atoms with Gasteiger partial charge in [0.2, 0.25) is 0 Å². The third-order valence-electron chi connectivity index (χ3n) is 6.81. The van der Waals surface area contributed by atoms with Crippen molar-refractivity contribution in [2.45, 2.75) is 82.3 Å². The fraction of sp³-hybridized carbons (Fsp3) is 0.900. The number of allylic oxidation sites excluding steroid dienone is 1. The second-order valence-electron chi connectivity index (χ2n) is 8.97. The molecule has 0 spiro atoms. The largest absolute Gasteiger partial charge is 0.391 e. The van der Waals surface area contributed by atoms with Crippen molar-refractivity contribution in [3.63, 3.8) is 0 Å². The van der Waals surface area contributed by atoms with E-state index < -0.39 is 29.5 Å². The number of methoxy groups -OCH3 is 1. The van der Waals surface area contributed by atoms with Crippen molar-refractivity contribution in [2.24, 2.45) is 11.8 Å². The van der Waals surface area contributed by atoms with E-state index >= 15 is 0 Å². The number of hydrogen-bond acceptors (Lipinski definition) is 5. The lowest BCUT2D eigenvalue weighted by Crippen LogP contribution is -2.63. The van der Waals surface area contributed by atoms with Crippen LogP contribution in [0.2, 0.25) is 0 Å². The van der Waals surface area contributed by atoms with Gasteiger partial charge in [-0.2, -0.15) is 0 Å². The summed E-state index contributed by atoms with van der Waals surface area (Å²) < 4.78 is 5.66. The molecule has 0 radical (unpaired) electrons. The number of rotatable bonds is 6. The lowest BCUT2D eigenvalue weighted by molar-refractivity contribution is -0.169. The van der Waals surface area contributed by atoms with Crippen molar-refractivity contribution in [3.8, 4) is 0 Å². The van der Waals surface area contributed by atoms with Crippen LogP contribution in [0.3, 0.4) is 0 Å². The van der Waals surface area contributed by atoms with Gasteiger partial charge in [-0.1, -0.05) is 11.6 Å². The van der Waals surface area contributed by atoms with Crippen molar-refractivity contribution >= 4 is 0 Å². The lowest BCUT2D eigenvalue weighted by atomic mass is 9.65. The Kier molecular flexibility index (Phi) is 5.35. The molecular weight excluding hydrogens is 318 g/mol. The number of likely N-dealkylation sites (tertiary alicyclic amines) is 1. The van der Waals surface area contributed by atoms with Gasteiger partial charge in [-0.3, -0.25) is 4.90 Å². The number of aliphatic hydroxyl groups excluding tert-OH is 2. The number of β-amino-alcohol motifs (C(OH)–C–C–N with tert-alkyl or cyclic N) is 1. The molecule has 1 heterocycles. The molecule has 1 saturated heterocycles. The molecule has 0 aromatic heterocycles. The highest BCUT2D eigenvalue weighted by Crippen LogP contribution is 2.53. The second-order valence-corrected chi connectivity index (χ2v) is 8.97. The number of fused-ring (bicyclic) bond motifs is 1. The first-order chi connectivity index (χ1) is 11.7. The molecule has 2 saturated carbocycles. The van der Waals surface area contributed by atoms with Crippen molar-refractivity contribution in [1.29, 1.82) is 0 Å². The highest BCUT2D eigenvalue weighted by Gasteiger charge is 2.66. The first kappa shape index (κ1) is 19.3. The van der Waals surface area contributed by atoms with Gasteiger partial charge >= 0.3 is 0 Å². The van der Waals surface area contributed by atoms with E-state index in [4.69, 9.17) is 4.74 Å². The molecule has 1 aliphatic heterocycles. The van der Waals surface area contributed by atoms with E-state index in [0.717, 1.165) is 6.54 Å². The average Bonchev–Trinajstić information content (AvgIpc) is 3.33. The van der Waals surface area contributed by atoms with Crippen molar-refractivity contribution < 1.29 is 20.1 Å². The Hall–Kier alpha value is -0.460. The van der Waals surface area contributed by atoms with Crippen LogP contribution in [0, 0.1) is 11.8 Å². The molecule has 0 aromatic rings. The maximum atomic E-state index is 11.4. The third-order valence-corrected chi connectivity index (χ3v) is 6.81. The summed E-state index contributed by atoms with van der Waals surface area (Å²) in [6, 6.07) is 0. The first-order valence-electron chi connectivity index (χ1n) is 9.72. The summed E-state index contributed by atoms with van der Waals surface area (Å²) in [5.41, 5.74) is -0.336. The number of aliphatic hydroxyl groups is 3. The predicted molar refractivity (Wildman–Crippen MR) is 97.2 cm³/mol. The molecule has 0 bridgehead atoms. The summed E-state index contributed by atoms with van der Waals surface area (Å²) in [6.45, 7) is 7.59. The highest BCUT2D eigenvalue weighted by atomic mass is 16.5. The van der Waals surface area contributed by atoms with Crippen LogP contribution in [-0.2, 0) is 4.74 Å². The van der Waals surface area contributed by atoms with Crippen LogP contribution >= 0.6 is 0 Å². The Labute approximate surface area is 151 Å². The molecule has 0 unspecified atom stereocenters. The topological polar surface area (TPSA) is 73.2 Å². The van der Waals surface area contributed by atoms with Crippen molar-refractivity contribution in [3.05, 3.63) is 11.6 Å². The Morgan fingerprint density at radius 3 is 2.56 bits per heavy atom. The van der Waals surface area contributed by atoms with E-state index in [1.807, 2.05) is 13.8 Å². The first-order valence-corrected chi connectivity index (χ1v) is 9.72. The van der Waals surface area contributed by atoms with E-state index in [2.05, 4.69) is 17.9 Å². The van der Waals surface area contributed by atoms with E-state index in [1.165, 1.54) is 18.4 Å². The molecular formula is C20H35NO4. The smallest absolute Gasteiger partial charge is 0.0904 e. The van der Waals surface area contributed by atoms with Crippen LogP contribution in [0.25, 0.3) is 0 Å². The van der Waals surface area contributed by atoms with E-state index in [-0.39, 0.29) is 5.92 Å². The van der Waals surface area contributed by atoms with Gasteiger partial charge in [0, 0.05) is 26.1 Å². The van der Waals surface area contributed by atoms with Crippen LogP contribution in [0.15, 0.2) is 11.6 Å². The summed E-state index contributed by atoms with van der Waals surface area (Å²) in [5, 5.41) is 33.1. The molecule has 144 valence electrons. The minimum Gasteiger partial charge on any atom is -0.391 e. The fourth-order valence-corrected chi connectivity index (χ4v) is 5.17. The zero-order valence-electron chi connectivity index (χ0n) is 16.1. The lowest BCUT2D eigenvalue weighted by Gasteiger charge is -2.50. The van der Waals surface area contributed by atoms with Gasteiger partial charge in [0.25, 0.3) is 0 Å². The van der Waals surface area contributed by atoms with E-state index in [9.17, 15) is 15.3 Å². The second kappa shape index (κ2) is 6.93. The summed E-state index contributed by atoms with van der Waals surface area (Å²) in [6.07, 6.45) is 4.53. The van der Waals surface area contributed by atoms with Crippen LogP contribution in [-0.4, -0.2) is 69.9 Å². The Morgan fingerprint density at radius 1 is 1.32 bits per heavy atom. The number of nitrogens with zero attached hydrogens (tertiary/aromatic N) is 1. The molecule has 5 heteroatoms. The van der Waals surface area contributed by atoms with Gasteiger partial charge in [0.15, 0.2) is 0 Å². The molecule has 2 aliphatic carbocycles. The Morgan fingerprint density at radius 2 is 2.00 bits per heavy atom. The minimum atomic E-state index is -0.907. The Balaban J connectivity index is 1.96. The predicted octanol–water partition coefficient (Wildman–Crippen LogP) is 1.70. The van der Waals surface area contributed by atoms with Gasteiger partial charge in [-0.25, -0.2) is 0 Å². The van der Waals surface area contributed by atoms with Crippen LogP contribution in [0.5, 0.6) is 0 Å². The van der Waals surface area contributed by atoms with Gasteiger partial charge in [-0.05, 0) is 58.8 Å². The summed E-state index contributed by atoms with van der Waals surface area (Å²) in [5.74, 6) is 0.373. The Bertz CT molecular complexity index is 516. The number of hydrogen-bond donors (Lipinski definition) is 3. The minimum absolute atomic E-state index is 0.298. The zero-order chi connectivity index (χ0) is 18.4.